The summed E-state index contributed by atoms with van der Waals surface area (Å²) in [7, 11) is 1.26. The number of rotatable bonds is 2. The Morgan fingerprint density at radius 2 is 2.29 bits per heavy atom. The van der Waals surface area contributed by atoms with Gasteiger partial charge in [-0.25, -0.2) is 9.18 Å². The third-order valence-corrected chi connectivity index (χ3v) is 1.62. The average Bonchev–Trinajstić information content (AvgIpc) is 2.16. The highest BCUT2D eigenvalue weighted by Gasteiger charge is 1.99. The first-order valence-corrected chi connectivity index (χ1v) is 3.94. The predicted molar refractivity (Wildman–Crippen MR) is 51.9 cm³/mol. The summed E-state index contributed by atoms with van der Waals surface area (Å²) < 4.78 is 17.5. The highest BCUT2D eigenvalue weighted by Crippen LogP contribution is 2.13. The van der Waals surface area contributed by atoms with Crippen LogP contribution in [-0.2, 0) is 9.53 Å². The molecule has 0 aromatic heterocycles. The molecule has 0 radical (unpaired) electrons. The van der Waals surface area contributed by atoms with E-state index in [2.05, 4.69) is 4.74 Å². The van der Waals surface area contributed by atoms with E-state index in [1.165, 1.54) is 25.3 Å². The first-order chi connectivity index (χ1) is 6.63. The highest BCUT2D eigenvalue weighted by atomic mass is 19.1. The van der Waals surface area contributed by atoms with Crippen LogP contribution in [0.3, 0.4) is 0 Å². The molecule has 0 fully saturated rings. The second kappa shape index (κ2) is 4.41. The van der Waals surface area contributed by atoms with Crippen LogP contribution in [0, 0.1) is 5.82 Å². The fraction of sp³-hybridized carbons (Fsp3) is 0.100. The van der Waals surface area contributed by atoms with Crippen LogP contribution >= 0.6 is 0 Å². The summed E-state index contributed by atoms with van der Waals surface area (Å²) in [4.78, 5) is 10.7. The standard InChI is InChI=1S/C10H10FNO2/c1-14-10(13)5-3-7-2-4-8(12)6-9(7)11/h2-6H,12H2,1H3/b5-3+. The van der Waals surface area contributed by atoms with Crippen LogP contribution < -0.4 is 5.73 Å². The summed E-state index contributed by atoms with van der Waals surface area (Å²) >= 11 is 0. The Balaban J connectivity index is 2.87. The fourth-order valence-electron chi connectivity index (χ4n) is 0.904. The minimum atomic E-state index is -0.527. The number of methoxy groups -OCH3 is 1. The van der Waals surface area contributed by atoms with E-state index in [4.69, 9.17) is 5.73 Å². The molecule has 0 amide bonds. The van der Waals surface area contributed by atoms with Gasteiger partial charge in [0.1, 0.15) is 5.82 Å². The van der Waals surface area contributed by atoms with Crippen molar-refractivity contribution >= 4 is 17.7 Å². The second-order valence-corrected chi connectivity index (χ2v) is 2.64. The summed E-state index contributed by atoms with van der Waals surface area (Å²) in [6.07, 6.45) is 2.48. The Bertz CT molecular complexity index is 374. The number of nitrogens with two attached hydrogens (primary N) is 1. The SMILES string of the molecule is COC(=O)/C=C/c1ccc(N)cc1F. The van der Waals surface area contributed by atoms with Crippen molar-refractivity contribution in [1.29, 1.82) is 0 Å². The van der Waals surface area contributed by atoms with Gasteiger partial charge in [0.15, 0.2) is 0 Å². The van der Waals surface area contributed by atoms with Gasteiger partial charge in [0.25, 0.3) is 0 Å². The van der Waals surface area contributed by atoms with Gasteiger partial charge in [-0.15, -0.1) is 0 Å². The number of carbonyl (C=O) groups is 1. The molecule has 3 nitrogen and oxygen atoms in total. The molecule has 0 aliphatic rings. The zero-order valence-electron chi connectivity index (χ0n) is 7.66. The molecule has 0 unspecified atom stereocenters. The minimum absolute atomic E-state index is 0.296. The Labute approximate surface area is 81.0 Å². The first kappa shape index (κ1) is 10.2. The van der Waals surface area contributed by atoms with Crippen molar-refractivity contribution in [3.05, 3.63) is 35.7 Å². The molecule has 0 aliphatic carbocycles. The lowest BCUT2D eigenvalue weighted by molar-refractivity contribution is -0.134. The van der Waals surface area contributed by atoms with Crippen molar-refractivity contribution in [2.75, 3.05) is 12.8 Å². The third-order valence-electron chi connectivity index (χ3n) is 1.62. The van der Waals surface area contributed by atoms with Crippen molar-refractivity contribution in [1.82, 2.24) is 0 Å². The van der Waals surface area contributed by atoms with Gasteiger partial charge >= 0.3 is 5.97 Å². The van der Waals surface area contributed by atoms with Gasteiger partial charge < -0.3 is 10.5 Å². The molecule has 74 valence electrons. The normalized spacial score (nSPS) is 10.4. The second-order valence-electron chi connectivity index (χ2n) is 2.64. The fourth-order valence-corrected chi connectivity index (χ4v) is 0.904. The van der Waals surface area contributed by atoms with E-state index in [1.807, 2.05) is 0 Å². The van der Waals surface area contributed by atoms with Crippen molar-refractivity contribution in [2.45, 2.75) is 0 Å². The molecular formula is C10H10FNO2. The summed E-state index contributed by atoms with van der Waals surface area (Å²) in [5.74, 6) is -0.994. The van der Waals surface area contributed by atoms with Gasteiger partial charge in [-0.1, -0.05) is 0 Å². The van der Waals surface area contributed by atoms with E-state index < -0.39 is 11.8 Å². The largest absolute Gasteiger partial charge is 0.466 e. The van der Waals surface area contributed by atoms with Crippen LogP contribution in [0.2, 0.25) is 0 Å². The Hall–Kier alpha value is -1.84. The van der Waals surface area contributed by atoms with Crippen LogP contribution in [0.5, 0.6) is 0 Å². The maximum absolute atomic E-state index is 13.1. The monoisotopic (exact) mass is 195 g/mol. The number of benzene rings is 1. The van der Waals surface area contributed by atoms with E-state index in [0.717, 1.165) is 6.08 Å². The lowest BCUT2D eigenvalue weighted by Crippen LogP contribution is -1.94. The van der Waals surface area contributed by atoms with Crippen LogP contribution in [0.4, 0.5) is 10.1 Å². The zero-order chi connectivity index (χ0) is 10.6. The number of anilines is 1. The molecule has 0 heterocycles. The van der Waals surface area contributed by atoms with E-state index in [0.29, 0.717) is 11.3 Å². The van der Waals surface area contributed by atoms with Gasteiger partial charge in [0.05, 0.1) is 7.11 Å². The molecule has 0 atom stereocenters. The predicted octanol–water partition coefficient (Wildman–Crippen LogP) is 1.59. The van der Waals surface area contributed by atoms with Crippen molar-refractivity contribution in [2.24, 2.45) is 0 Å². The van der Waals surface area contributed by atoms with Crippen molar-refractivity contribution < 1.29 is 13.9 Å². The molecular weight excluding hydrogens is 185 g/mol. The van der Waals surface area contributed by atoms with Gasteiger partial charge in [0, 0.05) is 17.3 Å². The molecule has 0 spiro atoms. The Morgan fingerprint density at radius 1 is 1.57 bits per heavy atom. The molecule has 1 rings (SSSR count). The number of carbonyl (C=O) groups excluding carboxylic acids is 1. The molecule has 4 heteroatoms. The van der Waals surface area contributed by atoms with Crippen molar-refractivity contribution in [3.63, 3.8) is 0 Å². The van der Waals surface area contributed by atoms with Gasteiger partial charge in [-0.2, -0.15) is 0 Å². The van der Waals surface area contributed by atoms with Crippen LogP contribution in [0.15, 0.2) is 24.3 Å². The van der Waals surface area contributed by atoms with Gasteiger partial charge in [-0.3, -0.25) is 0 Å². The molecule has 0 saturated carbocycles. The average molecular weight is 195 g/mol. The van der Waals surface area contributed by atoms with E-state index in [1.54, 1.807) is 6.07 Å². The molecule has 0 bridgehead atoms. The minimum Gasteiger partial charge on any atom is -0.466 e. The molecule has 1 aromatic rings. The lowest BCUT2D eigenvalue weighted by Gasteiger charge is -1.97. The Morgan fingerprint density at radius 3 is 2.86 bits per heavy atom. The molecule has 2 N–H and O–H groups in total. The number of hydrogen-bond donors (Lipinski definition) is 1. The third kappa shape index (κ3) is 2.58. The zero-order valence-corrected chi connectivity index (χ0v) is 7.66. The highest BCUT2D eigenvalue weighted by molar-refractivity contribution is 5.87. The maximum Gasteiger partial charge on any atom is 0.330 e. The number of halogens is 1. The van der Waals surface area contributed by atoms with Crippen molar-refractivity contribution in [3.8, 4) is 0 Å². The summed E-state index contributed by atoms with van der Waals surface area (Å²) in [5, 5.41) is 0. The summed E-state index contributed by atoms with van der Waals surface area (Å²) in [6, 6.07) is 4.24. The summed E-state index contributed by atoms with van der Waals surface area (Å²) in [6.45, 7) is 0. The van der Waals surface area contributed by atoms with Crippen LogP contribution in [0.1, 0.15) is 5.56 Å². The van der Waals surface area contributed by atoms with Crippen LogP contribution in [-0.4, -0.2) is 13.1 Å². The van der Waals surface area contributed by atoms with E-state index in [-0.39, 0.29) is 0 Å². The van der Waals surface area contributed by atoms with E-state index in [9.17, 15) is 9.18 Å². The number of ether oxygens (including phenoxy) is 1. The molecule has 1 aromatic carbocycles. The topological polar surface area (TPSA) is 52.3 Å². The molecule has 14 heavy (non-hydrogen) atoms. The number of nitrogen functional groups attached to an aromatic ring is 1. The van der Waals surface area contributed by atoms with E-state index >= 15 is 0 Å². The lowest BCUT2D eigenvalue weighted by atomic mass is 10.2. The smallest absolute Gasteiger partial charge is 0.330 e. The Kier molecular flexibility index (Phi) is 3.23. The van der Waals surface area contributed by atoms with Gasteiger partial charge in [0.2, 0.25) is 0 Å². The number of hydrogen-bond acceptors (Lipinski definition) is 3. The summed E-state index contributed by atoms with van der Waals surface area (Å²) in [5.41, 5.74) is 5.99. The van der Waals surface area contributed by atoms with Gasteiger partial charge in [-0.05, 0) is 24.3 Å². The molecule has 0 aliphatic heterocycles. The maximum atomic E-state index is 13.1. The first-order valence-electron chi connectivity index (χ1n) is 3.94. The van der Waals surface area contributed by atoms with Crippen LogP contribution in [0.25, 0.3) is 6.08 Å². The number of esters is 1. The quantitative estimate of drug-likeness (QED) is 0.443. The molecule has 0 saturated heterocycles.